The number of nitrogens with one attached hydrogen (secondary N) is 1. The zero-order valence-corrected chi connectivity index (χ0v) is 17.5. The van der Waals surface area contributed by atoms with Gasteiger partial charge in [-0.15, -0.1) is 0 Å². The van der Waals surface area contributed by atoms with Crippen LogP contribution < -0.4 is 19.5 Å². The van der Waals surface area contributed by atoms with E-state index in [9.17, 15) is 4.79 Å². The summed E-state index contributed by atoms with van der Waals surface area (Å²) in [7, 11) is 1.58. The predicted octanol–water partition coefficient (Wildman–Crippen LogP) is 4.35. The fourth-order valence-corrected chi connectivity index (χ4v) is 2.70. The number of methoxy groups -OCH3 is 1. The number of benzene rings is 2. The zero-order valence-electron chi connectivity index (χ0n) is 17.5. The van der Waals surface area contributed by atoms with Crippen molar-refractivity contribution in [3.05, 3.63) is 54.1 Å². The molecule has 0 aliphatic heterocycles. The largest absolute Gasteiger partial charge is 0.493 e. The third-order valence-corrected chi connectivity index (χ3v) is 4.39. The van der Waals surface area contributed by atoms with Crippen LogP contribution >= 0.6 is 0 Å². The maximum Gasteiger partial charge on any atom is 0.261 e. The number of para-hydroxylation sites is 2. The van der Waals surface area contributed by atoms with Crippen molar-refractivity contribution < 1.29 is 19.0 Å². The van der Waals surface area contributed by atoms with Crippen molar-refractivity contribution in [2.24, 2.45) is 0 Å². The van der Waals surface area contributed by atoms with Crippen molar-refractivity contribution in [3.8, 4) is 17.2 Å². The van der Waals surface area contributed by atoms with Gasteiger partial charge >= 0.3 is 0 Å². The molecule has 0 fully saturated rings. The number of carbonyl (C=O) groups excluding carboxylic acids is 1. The lowest BCUT2D eigenvalue weighted by Gasteiger charge is -2.19. The van der Waals surface area contributed by atoms with Crippen LogP contribution in [0.2, 0.25) is 0 Å². The Morgan fingerprint density at radius 2 is 1.68 bits per heavy atom. The third-order valence-electron chi connectivity index (χ3n) is 4.39. The van der Waals surface area contributed by atoms with Gasteiger partial charge in [0, 0.05) is 0 Å². The second-order valence-corrected chi connectivity index (χ2v) is 7.58. The van der Waals surface area contributed by atoms with Crippen molar-refractivity contribution in [1.82, 2.24) is 5.32 Å². The van der Waals surface area contributed by atoms with Crippen LogP contribution in [-0.2, 0) is 10.2 Å². The summed E-state index contributed by atoms with van der Waals surface area (Å²) in [4.78, 5) is 12.4. The van der Waals surface area contributed by atoms with Crippen LogP contribution in [0.3, 0.4) is 0 Å². The van der Waals surface area contributed by atoms with E-state index in [4.69, 9.17) is 14.2 Å². The van der Waals surface area contributed by atoms with Crippen molar-refractivity contribution >= 4 is 5.91 Å². The zero-order chi connectivity index (χ0) is 20.6. The third kappa shape index (κ3) is 6.19. The lowest BCUT2D eigenvalue weighted by molar-refractivity contribution is -0.128. The molecule has 0 unspecified atom stereocenters. The van der Waals surface area contributed by atoms with E-state index < -0.39 is 6.10 Å². The summed E-state index contributed by atoms with van der Waals surface area (Å²) in [6.45, 7) is 9.24. The molecule has 5 heteroatoms. The first-order chi connectivity index (χ1) is 13.3. The fourth-order valence-electron chi connectivity index (χ4n) is 2.70. The summed E-state index contributed by atoms with van der Waals surface area (Å²) in [5.74, 6) is 1.79. The SMILES string of the molecule is CC[C@H](Oc1ccccc1OC)C(=O)NCCOc1ccc(C(C)(C)C)cc1. The Hall–Kier alpha value is -2.69. The highest BCUT2D eigenvalue weighted by atomic mass is 16.5. The monoisotopic (exact) mass is 385 g/mol. The first-order valence-corrected chi connectivity index (χ1v) is 9.66. The van der Waals surface area contributed by atoms with Crippen LogP contribution in [0, 0.1) is 0 Å². The number of hydrogen-bond donors (Lipinski definition) is 1. The predicted molar refractivity (Wildman–Crippen MR) is 111 cm³/mol. The van der Waals surface area contributed by atoms with Crippen molar-refractivity contribution in [3.63, 3.8) is 0 Å². The van der Waals surface area contributed by atoms with Gasteiger partial charge in [0.05, 0.1) is 13.7 Å². The minimum atomic E-state index is -0.581. The molecular formula is C23H31NO4. The number of hydrogen-bond acceptors (Lipinski definition) is 4. The van der Waals surface area contributed by atoms with Crippen LogP contribution in [0.15, 0.2) is 48.5 Å². The number of rotatable bonds is 9. The van der Waals surface area contributed by atoms with Crippen molar-refractivity contribution in [2.75, 3.05) is 20.3 Å². The Labute approximate surface area is 168 Å². The summed E-state index contributed by atoms with van der Waals surface area (Å²) in [6, 6.07) is 15.4. The molecule has 1 N–H and O–H groups in total. The standard InChI is InChI=1S/C23H31NO4/c1-6-19(28-21-10-8-7-9-20(21)26-5)22(25)24-15-16-27-18-13-11-17(12-14-18)23(2,3)4/h7-14,19H,6,15-16H2,1-5H3,(H,24,25)/t19-/m0/s1. The van der Waals surface area contributed by atoms with Crippen LogP contribution in [-0.4, -0.2) is 32.3 Å². The number of amides is 1. The first-order valence-electron chi connectivity index (χ1n) is 9.66. The van der Waals surface area contributed by atoms with Gasteiger partial charge in [0.2, 0.25) is 0 Å². The number of carbonyl (C=O) groups is 1. The molecule has 0 bridgehead atoms. The van der Waals surface area contributed by atoms with E-state index in [1.807, 2.05) is 31.2 Å². The molecule has 2 aromatic rings. The lowest BCUT2D eigenvalue weighted by Crippen LogP contribution is -2.39. The van der Waals surface area contributed by atoms with Crippen LogP contribution in [0.4, 0.5) is 0 Å². The topological polar surface area (TPSA) is 56.8 Å². The van der Waals surface area contributed by atoms with E-state index in [1.165, 1.54) is 5.56 Å². The van der Waals surface area contributed by atoms with Gasteiger partial charge in [-0.05, 0) is 41.7 Å². The van der Waals surface area contributed by atoms with Crippen LogP contribution in [0.5, 0.6) is 17.2 Å². The maximum atomic E-state index is 12.4. The minimum absolute atomic E-state index is 0.114. The molecule has 1 amide bonds. The Kier molecular flexibility index (Phi) is 7.73. The molecule has 0 aromatic heterocycles. The molecule has 0 spiro atoms. The summed E-state index contributed by atoms with van der Waals surface area (Å²) in [6.07, 6.45) is -0.0266. The maximum absolute atomic E-state index is 12.4. The van der Waals surface area contributed by atoms with E-state index in [1.54, 1.807) is 19.2 Å². The molecule has 0 saturated carbocycles. The van der Waals surface area contributed by atoms with E-state index in [0.717, 1.165) is 5.75 Å². The van der Waals surface area contributed by atoms with Crippen molar-refractivity contribution in [2.45, 2.75) is 45.6 Å². The van der Waals surface area contributed by atoms with Gasteiger partial charge in [-0.2, -0.15) is 0 Å². The van der Waals surface area contributed by atoms with Gasteiger partial charge in [-0.25, -0.2) is 0 Å². The second kappa shape index (κ2) is 10.0. The molecule has 5 nitrogen and oxygen atoms in total. The second-order valence-electron chi connectivity index (χ2n) is 7.58. The molecule has 1 atom stereocenters. The Bertz CT molecular complexity index is 750. The Morgan fingerprint density at radius 3 is 2.25 bits per heavy atom. The molecule has 2 rings (SSSR count). The highest BCUT2D eigenvalue weighted by Crippen LogP contribution is 2.27. The minimum Gasteiger partial charge on any atom is -0.493 e. The summed E-state index contributed by atoms with van der Waals surface area (Å²) >= 11 is 0. The first kappa shape index (κ1) is 21.6. The van der Waals surface area contributed by atoms with Gasteiger partial charge in [0.15, 0.2) is 17.6 Å². The fraction of sp³-hybridized carbons (Fsp3) is 0.435. The molecule has 0 aliphatic rings. The van der Waals surface area contributed by atoms with Crippen LogP contribution in [0.1, 0.15) is 39.7 Å². The Morgan fingerprint density at radius 1 is 1.04 bits per heavy atom. The van der Waals surface area contributed by atoms with Gasteiger partial charge < -0.3 is 19.5 Å². The molecule has 0 heterocycles. The Balaban J connectivity index is 1.80. The van der Waals surface area contributed by atoms with Gasteiger partial charge in [0.1, 0.15) is 12.4 Å². The van der Waals surface area contributed by atoms with E-state index in [2.05, 4.69) is 38.2 Å². The van der Waals surface area contributed by atoms with Crippen molar-refractivity contribution in [1.29, 1.82) is 0 Å². The van der Waals surface area contributed by atoms with E-state index >= 15 is 0 Å². The average molecular weight is 386 g/mol. The lowest BCUT2D eigenvalue weighted by atomic mass is 9.87. The molecule has 0 aliphatic carbocycles. The summed E-state index contributed by atoms with van der Waals surface area (Å²) in [5, 5.41) is 2.87. The average Bonchev–Trinajstić information content (AvgIpc) is 2.69. The molecule has 0 saturated heterocycles. The van der Waals surface area contributed by atoms with Crippen LogP contribution in [0.25, 0.3) is 0 Å². The molecule has 0 radical (unpaired) electrons. The van der Waals surface area contributed by atoms with E-state index in [-0.39, 0.29) is 11.3 Å². The molecular weight excluding hydrogens is 354 g/mol. The molecule has 28 heavy (non-hydrogen) atoms. The quantitative estimate of drug-likeness (QED) is 0.652. The number of ether oxygens (including phenoxy) is 3. The summed E-state index contributed by atoms with van der Waals surface area (Å²) in [5.41, 5.74) is 1.37. The van der Waals surface area contributed by atoms with Gasteiger partial charge in [0.25, 0.3) is 5.91 Å². The molecule has 152 valence electrons. The van der Waals surface area contributed by atoms with E-state index in [0.29, 0.717) is 31.1 Å². The highest BCUT2D eigenvalue weighted by Gasteiger charge is 2.19. The smallest absolute Gasteiger partial charge is 0.261 e. The normalized spacial score (nSPS) is 12.2. The summed E-state index contributed by atoms with van der Waals surface area (Å²) < 4.78 is 16.8. The van der Waals surface area contributed by atoms with Gasteiger partial charge in [-0.3, -0.25) is 4.79 Å². The molecule has 2 aromatic carbocycles. The van der Waals surface area contributed by atoms with Gasteiger partial charge in [-0.1, -0.05) is 52.0 Å². The highest BCUT2D eigenvalue weighted by molar-refractivity contribution is 5.81.